The molecule has 2 rings (SSSR count). The molecule has 0 aliphatic heterocycles. The van der Waals surface area contributed by atoms with Gasteiger partial charge in [0, 0.05) is 32.3 Å². The van der Waals surface area contributed by atoms with Crippen LogP contribution in [0, 0.1) is 23.3 Å². The van der Waals surface area contributed by atoms with E-state index in [9.17, 15) is 34.4 Å². The first-order chi connectivity index (χ1) is 12.9. The Bertz CT molecular complexity index is 1080. The molecule has 2 aromatic carbocycles. The Kier molecular flexibility index (Phi) is 6.80. The summed E-state index contributed by atoms with van der Waals surface area (Å²) in [6.45, 7) is -0.460. The van der Waals surface area contributed by atoms with E-state index in [1.54, 1.807) is 0 Å². The Balaban J connectivity index is 1.99. The van der Waals surface area contributed by atoms with Crippen molar-refractivity contribution in [3.63, 3.8) is 0 Å². The summed E-state index contributed by atoms with van der Waals surface area (Å²) >= 11 is 0. The molecule has 0 aliphatic rings. The van der Waals surface area contributed by atoms with Crippen LogP contribution in [0.25, 0.3) is 0 Å². The minimum Gasteiger partial charge on any atom is -0.211 e. The molecule has 0 aromatic heterocycles. The van der Waals surface area contributed by atoms with Gasteiger partial charge in [-0.25, -0.2) is 43.4 Å². The maximum Gasteiger partial charge on any atom is 0.245 e. The largest absolute Gasteiger partial charge is 0.245 e. The average Bonchev–Trinajstić information content (AvgIpc) is 2.57. The fraction of sp³-hybridized carbons (Fsp3) is 0.250. The number of nitrogens with one attached hydrogen (secondary N) is 1. The van der Waals surface area contributed by atoms with E-state index in [2.05, 4.69) is 4.72 Å². The number of benzene rings is 2. The third-order valence-corrected chi connectivity index (χ3v) is 7.09. The highest BCUT2D eigenvalue weighted by atomic mass is 32.2. The van der Waals surface area contributed by atoms with Crippen LogP contribution in [0.15, 0.2) is 46.2 Å². The van der Waals surface area contributed by atoms with Crippen LogP contribution in [0.1, 0.15) is 6.42 Å². The maximum absolute atomic E-state index is 13.7. The number of rotatable bonds is 8. The Hall–Kier alpha value is -2.02. The summed E-state index contributed by atoms with van der Waals surface area (Å²) in [7, 11) is -7.37. The first kappa shape index (κ1) is 22.3. The lowest BCUT2D eigenvalue weighted by Crippen LogP contribution is -2.32. The van der Waals surface area contributed by atoms with E-state index in [-0.39, 0.29) is 19.5 Å². The normalized spacial score (nSPS) is 12.5. The zero-order valence-corrected chi connectivity index (χ0v) is 16.1. The third-order valence-electron chi connectivity index (χ3n) is 3.71. The van der Waals surface area contributed by atoms with Gasteiger partial charge in [-0.15, -0.1) is 0 Å². The van der Waals surface area contributed by atoms with E-state index in [0.717, 1.165) is 35.6 Å². The average molecular weight is 440 g/mol. The number of sulfonamides is 2. The van der Waals surface area contributed by atoms with Crippen molar-refractivity contribution in [2.45, 2.75) is 16.2 Å². The number of hydrogen-bond donors (Lipinski definition) is 1. The lowest BCUT2D eigenvalue weighted by molar-refractivity contribution is 0.453. The van der Waals surface area contributed by atoms with Crippen LogP contribution in [-0.4, -0.2) is 41.3 Å². The topological polar surface area (TPSA) is 83.6 Å². The van der Waals surface area contributed by atoms with Gasteiger partial charge in [0.2, 0.25) is 20.0 Å². The summed E-state index contributed by atoms with van der Waals surface area (Å²) in [6.07, 6.45) is -0.0272. The molecule has 0 amide bonds. The second-order valence-electron chi connectivity index (χ2n) is 5.73. The molecule has 0 aliphatic carbocycles. The molecule has 28 heavy (non-hydrogen) atoms. The van der Waals surface area contributed by atoms with Gasteiger partial charge in [0.05, 0.1) is 0 Å². The van der Waals surface area contributed by atoms with E-state index in [4.69, 9.17) is 0 Å². The highest BCUT2D eigenvalue weighted by Gasteiger charge is 2.25. The summed E-state index contributed by atoms with van der Waals surface area (Å²) in [4.78, 5) is -1.46. The molecule has 0 radical (unpaired) electrons. The van der Waals surface area contributed by atoms with Crippen LogP contribution in [0.4, 0.5) is 17.6 Å². The van der Waals surface area contributed by atoms with Crippen LogP contribution in [-0.2, 0) is 20.0 Å². The highest BCUT2D eigenvalue weighted by molar-refractivity contribution is 7.89. The van der Waals surface area contributed by atoms with Crippen LogP contribution in [0.3, 0.4) is 0 Å². The molecule has 2 aromatic rings. The summed E-state index contributed by atoms with van der Waals surface area (Å²) < 4.78 is 105. The Morgan fingerprint density at radius 1 is 0.857 bits per heavy atom. The standard InChI is InChI=1S/C16H16F4N2O4S2/c1-22(28(25,26)16-6-4-12(18)10-14(16)20)8-2-7-21-27(23,24)15-5-3-11(17)9-13(15)19/h3-6,9-10,21H,2,7-8H2,1H3. The summed E-state index contributed by atoms with van der Waals surface area (Å²) in [5.41, 5.74) is 0. The quantitative estimate of drug-likeness (QED) is 0.504. The third kappa shape index (κ3) is 5.07. The SMILES string of the molecule is CN(CCCNS(=O)(=O)c1ccc(F)cc1F)S(=O)(=O)c1ccc(F)cc1F. The van der Waals surface area contributed by atoms with Crippen molar-refractivity contribution in [1.29, 1.82) is 0 Å². The summed E-state index contributed by atoms with van der Waals surface area (Å²) in [5.74, 6) is -4.38. The maximum atomic E-state index is 13.7. The van der Waals surface area contributed by atoms with Crippen molar-refractivity contribution in [2.75, 3.05) is 20.1 Å². The molecule has 0 spiro atoms. The molecule has 154 valence electrons. The summed E-state index contributed by atoms with van der Waals surface area (Å²) in [6, 6.07) is 4.00. The van der Waals surface area contributed by atoms with Gasteiger partial charge in [-0.3, -0.25) is 0 Å². The first-order valence-corrected chi connectivity index (χ1v) is 10.7. The molecule has 0 heterocycles. The fourth-order valence-corrected chi connectivity index (χ4v) is 4.63. The predicted octanol–water partition coefficient (Wildman–Crippen LogP) is 2.23. The zero-order chi connectivity index (χ0) is 21.1. The minimum absolute atomic E-state index is 0.0272. The second kappa shape index (κ2) is 8.55. The van der Waals surface area contributed by atoms with Crippen LogP contribution in [0.5, 0.6) is 0 Å². The second-order valence-corrected chi connectivity index (χ2v) is 9.48. The molecule has 0 bridgehead atoms. The molecule has 6 nitrogen and oxygen atoms in total. The smallest absolute Gasteiger partial charge is 0.211 e. The van der Waals surface area contributed by atoms with E-state index in [1.807, 2.05) is 0 Å². The van der Waals surface area contributed by atoms with E-state index in [0.29, 0.717) is 12.1 Å². The van der Waals surface area contributed by atoms with Gasteiger partial charge in [0.1, 0.15) is 33.1 Å². The first-order valence-electron chi connectivity index (χ1n) is 7.81. The molecule has 0 saturated heterocycles. The van der Waals surface area contributed by atoms with Crippen LogP contribution < -0.4 is 4.72 Å². The van der Waals surface area contributed by atoms with Crippen molar-refractivity contribution >= 4 is 20.0 Å². The fourth-order valence-electron chi connectivity index (χ4n) is 2.25. The summed E-state index contributed by atoms with van der Waals surface area (Å²) in [5, 5.41) is 0. The van der Waals surface area contributed by atoms with Crippen LogP contribution >= 0.6 is 0 Å². The van der Waals surface area contributed by atoms with Crippen molar-refractivity contribution < 1.29 is 34.4 Å². The molecule has 0 atom stereocenters. The van der Waals surface area contributed by atoms with Crippen molar-refractivity contribution in [3.8, 4) is 0 Å². The number of halogens is 4. The van der Waals surface area contributed by atoms with Gasteiger partial charge < -0.3 is 0 Å². The molecular weight excluding hydrogens is 424 g/mol. The molecular formula is C16H16F4N2O4S2. The molecule has 12 heteroatoms. The lowest BCUT2D eigenvalue weighted by atomic mass is 10.3. The van der Waals surface area contributed by atoms with Gasteiger partial charge >= 0.3 is 0 Å². The monoisotopic (exact) mass is 440 g/mol. The molecule has 0 unspecified atom stereocenters. The molecule has 0 saturated carbocycles. The molecule has 0 fully saturated rings. The number of nitrogens with zero attached hydrogens (tertiary/aromatic N) is 1. The van der Waals surface area contributed by atoms with Crippen molar-refractivity contribution in [2.24, 2.45) is 0 Å². The van der Waals surface area contributed by atoms with E-state index in [1.165, 1.54) is 0 Å². The molecule has 1 N–H and O–H groups in total. The van der Waals surface area contributed by atoms with Crippen LogP contribution in [0.2, 0.25) is 0 Å². The number of hydrogen-bond acceptors (Lipinski definition) is 4. The predicted molar refractivity (Wildman–Crippen MR) is 92.3 cm³/mol. The zero-order valence-electron chi connectivity index (χ0n) is 14.5. The van der Waals surface area contributed by atoms with E-state index < -0.39 is 53.1 Å². The lowest BCUT2D eigenvalue weighted by Gasteiger charge is -2.17. The van der Waals surface area contributed by atoms with Gasteiger partial charge in [0.15, 0.2) is 0 Å². The Morgan fingerprint density at radius 3 is 1.86 bits per heavy atom. The highest BCUT2D eigenvalue weighted by Crippen LogP contribution is 2.19. The minimum atomic E-state index is -4.27. The Labute approximate surface area is 159 Å². The van der Waals surface area contributed by atoms with Gasteiger partial charge in [-0.2, -0.15) is 0 Å². The Morgan fingerprint density at radius 2 is 1.36 bits per heavy atom. The van der Waals surface area contributed by atoms with Gasteiger partial charge in [-0.05, 0) is 30.7 Å². The van der Waals surface area contributed by atoms with Crippen molar-refractivity contribution in [3.05, 3.63) is 59.7 Å². The van der Waals surface area contributed by atoms with Gasteiger partial charge in [0.25, 0.3) is 0 Å². The van der Waals surface area contributed by atoms with E-state index >= 15 is 0 Å². The van der Waals surface area contributed by atoms with Gasteiger partial charge in [-0.1, -0.05) is 0 Å². The van der Waals surface area contributed by atoms with Crippen molar-refractivity contribution in [1.82, 2.24) is 9.03 Å².